The Bertz CT molecular complexity index is 1160. The summed E-state index contributed by atoms with van der Waals surface area (Å²) in [6, 6.07) is 10.1. The van der Waals surface area contributed by atoms with E-state index < -0.39 is 11.9 Å². The normalized spacial score (nSPS) is 11.8. The number of halogens is 3. The van der Waals surface area contributed by atoms with Crippen LogP contribution in [-0.4, -0.2) is 19.9 Å². The summed E-state index contributed by atoms with van der Waals surface area (Å²) in [7, 11) is 0. The lowest BCUT2D eigenvalue weighted by Gasteiger charge is -2.11. The standard InChI is InChI=1S/C19H14F3N5S/c1-10-5-6-13-12(8-10)11(2)23-17(24-13)27-18-25-14(15-4-3-7-28-15)9-16(26-18)19(20,21)22/h3-9H,1-2H3,(H,23,24,25,26,27). The average molecular weight is 401 g/mol. The summed E-state index contributed by atoms with van der Waals surface area (Å²) < 4.78 is 39.9. The van der Waals surface area contributed by atoms with Crippen LogP contribution in [0.25, 0.3) is 21.5 Å². The predicted molar refractivity (Wildman–Crippen MR) is 103 cm³/mol. The summed E-state index contributed by atoms with van der Waals surface area (Å²) in [4.78, 5) is 17.2. The topological polar surface area (TPSA) is 63.6 Å². The first kappa shape index (κ1) is 18.3. The van der Waals surface area contributed by atoms with E-state index in [2.05, 4.69) is 25.3 Å². The van der Waals surface area contributed by atoms with Crippen molar-refractivity contribution in [3.8, 4) is 10.6 Å². The summed E-state index contributed by atoms with van der Waals surface area (Å²) in [5.41, 5.74) is 1.63. The SMILES string of the molecule is Cc1ccc2nc(Nc3nc(-c4cccs4)cc(C(F)(F)F)n3)nc(C)c2c1. The van der Waals surface area contributed by atoms with Crippen molar-refractivity contribution >= 4 is 34.1 Å². The number of rotatable bonds is 3. The lowest BCUT2D eigenvalue weighted by atomic mass is 10.1. The molecule has 3 aromatic heterocycles. The fourth-order valence-electron chi connectivity index (χ4n) is 2.75. The first-order valence-corrected chi connectivity index (χ1v) is 9.20. The molecule has 0 bridgehead atoms. The number of fused-ring (bicyclic) bond motifs is 1. The molecule has 3 heterocycles. The van der Waals surface area contributed by atoms with Crippen LogP contribution in [0.2, 0.25) is 0 Å². The second kappa shape index (κ2) is 6.83. The van der Waals surface area contributed by atoms with Crippen LogP contribution in [-0.2, 0) is 6.18 Å². The molecule has 142 valence electrons. The highest BCUT2D eigenvalue weighted by Gasteiger charge is 2.34. The Morgan fingerprint density at radius 1 is 0.929 bits per heavy atom. The molecule has 4 rings (SSSR count). The molecule has 0 saturated heterocycles. The molecular weight excluding hydrogens is 387 g/mol. The van der Waals surface area contributed by atoms with Crippen LogP contribution in [0.4, 0.5) is 25.1 Å². The molecule has 1 aromatic carbocycles. The molecule has 28 heavy (non-hydrogen) atoms. The van der Waals surface area contributed by atoms with Gasteiger partial charge in [-0.15, -0.1) is 11.3 Å². The molecule has 0 aliphatic rings. The summed E-state index contributed by atoms with van der Waals surface area (Å²) in [6.07, 6.45) is -4.59. The third-order valence-electron chi connectivity index (χ3n) is 4.06. The maximum Gasteiger partial charge on any atom is 0.433 e. The van der Waals surface area contributed by atoms with Crippen molar-refractivity contribution in [2.45, 2.75) is 20.0 Å². The minimum atomic E-state index is -4.59. The zero-order valence-electron chi connectivity index (χ0n) is 14.9. The van der Waals surface area contributed by atoms with Crippen LogP contribution in [0.15, 0.2) is 41.8 Å². The fraction of sp³-hybridized carbons (Fsp3) is 0.158. The summed E-state index contributed by atoms with van der Waals surface area (Å²) in [5, 5.41) is 5.38. The number of thiophene rings is 1. The van der Waals surface area contributed by atoms with Crippen molar-refractivity contribution in [2.24, 2.45) is 0 Å². The van der Waals surface area contributed by atoms with Crippen molar-refractivity contribution < 1.29 is 13.2 Å². The van der Waals surface area contributed by atoms with Crippen molar-refractivity contribution in [3.05, 3.63) is 58.7 Å². The number of benzene rings is 1. The van der Waals surface area contributed by atoms with E-state index in [-0.39, 0.29) is 17.6 Å². The molecule has 0 radical (unpaired) electrons. The zero-order chi connectivity index (χ0) is 19.9. The zero-order valence-corrected chi connectivity index (χ0v) is 15.7. The molecular formula is C19H14F3N5S. The second-order valence-corrected chi connectivity index (χ2v) is 7.16. The molecule has 5 nitrogen and oxygen atoms in total. The summed E-state index contributed by atoms with van der Waals surface area (Å²) >= 11 is 1.30. The van der Waals surface area contributed by atoms with E-state index in [1.54, 1.807) is 17.5 Å². The molecule has 0 atom stereocenters. The monoisotopic (exact) mass is 401 g/mol. The highest BCUT2D eigenvalue weighted by atomic mass is 32.1. The van der Waals surface area contributed by atoms with Crippen LogP contribution in [0, 0.1) is 13.8 Å². The van der Waals surface area contributed by atoms with Gasteiger partial charge in [0.25, 0.3) is 0 Å². The van der Waals surface area contributed by atoms with Crippen molar-refractivity contribution in [2.75, 3.05) is 5.32 Å². The van der Waals surface area contributed by atoms with Crippen LogP contribution in [0.3, 0.4) is 0 Å². The number of aromatic nitrogens is 4. The molecule has 0 aliphatic heterocycles. The minimum Gasteiger partial charge on any atom is -0.293 e. The van der Waals surface area contributed by atoms with Crippen LogP contribution in [0.1, 0.15) is 17.0 Å². The van der Waals surface area contributed by atoms with E-state index in [0.717, 1.165) is 17.0 Å². The highest BCUT2D eigenvalue weighted by molar-refractivity contribution is 7.13. The molecule has 4 aromatic rings. The van der Waals surface area contributed by atoms with Gasteiger partial charge < -0.3 is 0 Å². The molecule has 1 N–H and O–H groups in total. The predicted octanol–water partition coefficient (Wildman–Crippen LogP) is 5.53. The fourth-order valence-corrected chi connectivity index (χ4v) is 3.44. The molecule has 0 unspecified atom stereocenters. The first-order chi connectivity index (χ1) is 13.3. The number of anilines is 2. The van der Waals surface area contributed by atoms with Gasteiger partial charge in [-0.3, -0.25) is 5.32 Å². The van der Waals surface area contributed by atoms with Gasteiger partial charge >= 0.3 is 6.18 Å². The smallest absolute Gasteiger partial charge is 0.293 e. The Morgan fingerprint density at radius 2 is 1.71 bits per heavy atom. The van der Waals surface area contributed by atoms with Gasteiger partial charge in [-0.1, -0.05) is 17.7 Å². The second-order valence-electron chi connectivity index (χ2n) is 6.22. The van der Waals surface area contributed by atoms with E-state index in [4.69, 9.17) is 0 Å². The molecule has 0 spiro atoms. The van der Waals surface area contributed by atoms with Crippen molar-refractivity contribution in [1.29, 1.82) is 0 Å². The maximum absolute atomic E-state index is 13.3. The minimum absolute atomic E-state index is 0.144. The number of nitrogens with one attached hydrogen (secondary N) is 1. The number of hydrogen-bond acceptors (Lipinski definition) is 6. The number of nitrogens with zero attached hydrogens (tertiary/aromatic N) is 4. The Morgan fingerprint density at radius 3 is 2.43 bits per heavy atom. The largest absolute Gasteiger partial charge is 0.433 e. The molecule has 0 amide bonds. The Balaban J connectivity index is 1.78. The number of alkyl halides is 3. The van der Waals surface area contributed by atoms with Crippen LogP contribution >= 0.6 is 11.3 Å². The van der Waals surface area contributed by atoms with E-state index >= 15 is 0 Å². The van der Waals surface area contributed by atoms with Crippen LogP contribution in [0.5, 0.6) is 0 Å². The third-order valence-corrected chi connectivity index (χ3v) is 4.95. The molecule has 0 saturated carbocycles. The number of aryl methyl sites for hydroxylation is 2. The lowest BCUT2D eigenvalue weighted by molar-refractivity contribution is -0.141. The van der Waals surface area contributed by atoms with Gasteiger partial charge in [-0.05, 0) is 43.5 Å². The van der Waals surface area contributed by atoms with E-state index in [0.29, 0.717) is 16.1 Å². The lowest BCUT2D eigenvalue weighted by Crippen LogP contribution is -2.12. The van der Waals surface area contributed by atoms with Gasteiger partial charge in [0.15, 0.2) is 5.69 Å². The van der Waals surface area contributed by atoms with Crippen LogP contribution < -0.4 is 5.32 Å². The van der Waals surface area contributed by atoms with Gasteiger partial charge in [0.05, 0.1) is 21.8 Å². The first-order valence-electron chi connectivity index (χ1n) is 8.32. The average Bonchev–Trinajstić information content (AvgIpc) is 3.16. The summed E-state index contributed by atoms with van der Waals surface area (Å²) in [5.74, 6) is -0.0607. The van der Waals surface area contributed by atoms with E-state index in [9.17, 15) is 13.2 Å². The molecule has 0 fully saturated rings. The number of hydrogen-bond donors (Lipinski definition) is 1. The Kier molecular flexibility index (Phi) is 4.46. The maximum atomic E-state index is 13.3. The molecule has 0 aliphatic carbocycles. The van der Waals surface area contributed by atoms with Gasteiger partial charge in [0, 0.05) is 5.39 Å². The van der Waals surface area contributed by atoms with Crippen molar-refractivity contribution in [1.82, 2.24) is 19.9 Å². The Hall–Kier alpha value is -3.07. The third kappa shape index (κ3) is 3.65. The molecule has 9 heteroatoms. The highest BCUT2D eigenvalue weighted by Crippen LogP contribution is 2.33. The van der Waals surface area contributed by atoms with E-state index in [1.165, 1.54) is 11.3 Å². The summed E-state index contributed by atoms with van der Waals surface area (Å²) in [6.45, 7) is 3.78. The van der Waals surface area contributed by atoms with Gasteiger partial charge in [-0.25, -0.2) is 19.9 Å². The van der Waals surface area contributed by atoms with Gasteiger partial charge in [-0.2, -0.15) is 13.2 Å². The van der Waals surface area contributed by atoms with Gasteiger partial charge in [0.2, 0.25) is 11.9 Å². The van der Waals surface area contributed by atoms with E-state index in [1.807, 2.05) is 32.0 Å². The van der Waals surface area contributed by atoms with Crippen molar-refractivity contribution in [3.63, 3.8) is 0 Å². The Labute approximate surface area is 162 Å². The quantitative estimate of drug-likeness (QED) is 0.489. The van der Waals surface area contributed by atoms with Gasteiger partial charge in [0.1, 0.15) is 0 Å².